The lowest BCUT2D eigenvalue weighted by molar-refractivity contribution is -0.121. The highest BCUT2D eigenvalue weighted by Crippen LogP contribution is 2.30. The van der Waals surface area contributed by atoms with E-state index in [1.54, 1.807) is 0 Å². The van der Waals surface area contributed by atoms with E-state index in [1.165, 1.54) is 5.56 Å². The van der Waals surface area contributed by atoms with Crippen LogP contribution in [-0.2, 0) is 11.2 Å². The van der Waals surface area contributed by atoms with Crippen LogP contribution in [0.2, 0.25) is 0 Å². The molecule has 1 aromatic carbocycles. The summed E-state index contributed by atoms with van der Waals surface area (Å²) in [5, 5.41) is 6.43. The second kappa shape index (κ2) is 8.92. The van der Waals surface area contributed by atoms with Gasteiger partial charge in [0, 0.05) is 19.4 Å². The van der Waals surface area contributed by atoms with Crippen LogP contribution in [0.1, 0.15) is 37.7 Å². The molecule has 1 amide bonds. The van der Waals surface area contributed by atoms with Crippen LogP contribution in [0.5, 0.6) is 11.5 Å². The number of hydrogen-bond acceptors (Lipinski definition) is 4. The number of hydrogen-bond donors (Lipinski definition) is 2. The van der Waals surface area contributed by atoms with E-state index in [4.69, 9.17) is 9.47 Å². The van der Waals surface area contributed by atoms with Gasteiger partial charge in [-0.15, -0.1) is 0 Å². The van der Waals surface area contributed by atoms with E-state index in [0.717, 1.165) is 63.2 Å². The molecule has 0 atom stereocenters. The van der Waals surface area contributed by atoms with Crippen molar-refractivity contribution in [3.8, 4) is 11.5 Å². The Morgan fingerprint density at radius 1 is 1.17 bits per heavy atom. The molecule has 0 saturated carbocycles. The quantitative estimate of drug-likeness (QED) is 0.839. The SMILES string of the molecule is O=C(CCCc1ccc2c(c1)OCCCO2)NCC1CCNCC1. The largest absolute Gasteiger partial charge is 0.490 e. The Morgan fingerprint density at radius 3 is 2.79 bits per heavy atom. The van der Waals surface area contributed by atoms with Crippen LogP contribution in [0.3, 0.4) is 0 Å². The molecule has 1 saturated heterocycles. The van der Waals surface area contributed by atoms with Gasteiger partial charge < -0.3 is 20.1 Å². The van der Waals surface area contributed by atoms with Crippen LogP contribution in [0.4, 0.5) is 0 Å². The Balaban J connectivity index is 1.38. The Hall–Kier alpha value is -1.75. The standard InChI is InChI=1S/C19H28N2O3/c22-19(21-14-16-7-9-20-10-8-16)4-1-3-15-5-6-17-18(13-15)24-12-2-11-23-17/h5-6,13,16,20H,1-4,7-12,14H2,(H,21,22). The van der Waals surface area contributed by atoms with Gasteiger partial charge in [0.15, 0.2) is 11.5 Å². The fourth-order valence-electron chi connectivity index (χ4n) is 3.25. The van der Waals surface area contributed by atoms with Crippen LogP contribution in [0, 0.1) is 5.92 Å². The molecule has 1 fully saturated rings. The van der Waals surface area contributed by atoms with Gasteiger partial charge >= 0.3 is 0 Å². The molecule has 132 valence electrons. The third-order valence-corrected chi connectivity index (χ3v) is 4.73. The maximum absolute atomic E-state index is 12.0. The number of benzene rings is 1. The van der Waals surface area contributed by atoms with Crippen molar-refractivity contribution in [2.24, 2.45) is 5.92 Å². The molecule has 1 aromatic rings. The molecule has 2 N–H and O–H groups in total. The van der Waals surface area contributed by atoms with E-state index < -0.39 is 0 Å². The number of carbonyl (C=O) groups excluding carboxylic acids is 1. The van der Waals surface area contributed by atoms with E-state index in [-0.39, 0.29) is 5.91 Å². The average Bonchev–Trinajstić information content (AvgIpc) is 2.86. The first-order chi connectivity index (χ1) is 11.8. The number of carbonyl (C=O) groups is 1. The monoisotopic (exact) mass is 332 g/mol. The van der Waals surface area contributed by atoms with Gasteiger partial charge in [-0.05, 0) is 62.4 Å². The first-order valence-electron chi connectivity index (χ1n) is 9.17. The molecule has 0 aliphatic carbocycles. The predicted molar refractivity (Wildman–Crippen MR) is 93.6 cm³/mol. The van der Waals surface area contributed by atoms with E-state index >= 15 is 0 Å². The van der Waals surface area contributed by atoms with Crippen molar-refractivity contribution in [1.29, 1.82) is 0 Å². The summed E-state index contributed by atoms with van der Waals surface area (Å²) < 4.78 is 11.4. The zero-order chi connectivity index (χ0) is 16.6. The van der Waals surface area contributed by atoms with Crippen LogP contribution < -0.4 is 20.1 Å². The van der Waals surface area contributed by atoms with Crippen molar-refractivity contribution in [2.75, 3.05) is 32.8 Å². The number of nitrogens with one attached hydrogen (secondary N) is 2. The zero-order valence-corrected chi connectivity index (χ0v) is 14.3. The minimum absolute atomic E-state index is 0.169. The molecule has 0 aromatic heterocycles. The molecule has 0 unspecified atom stereocenters. The summed E-state index contributed by atoms with van der Waals surface area (Å²) in [7, 11) is 0. The maximum atomic E-state index is 12.0. The van der Waals surface area contributed by atoms with Crippen molar-refractivity contribution in [3.05, 3.63) is 23.8 Å². The smallest absolute Gasteiger partial charge is 0.220 e. The van der Waals surface area contributed by atoms with Crippen LogP contribution in [-0.4, -0.2) is 38.8 Å². The van der Waals surface area contributed by atoms with Gasteiger partial charge in [-0.1, -0.05) is 6.07 Å². The van der Waals surface area contributed by atoms with Crippen molar-refractivity contribution in [2.45, 2.75) is 38.5 Å². The van der Waals surface area contributed by atoms with E-state index in [9.17, 15) is 4.79 Å². The number of ether oxygens (including phenoxy) is 2. The van der Waals surface area contributed by atoms with E-state index in [1.807, 2.05) is 12.1 Å². The highest BCUT2D eigenvalue weighted by atomic mass is 16.5. The van der Waals surface area contributed by atoms with Crippen LogP contribution >= 0.6 is 0 Å². The van der Waals surface area contributed by atoms with Crippen LogP contribution in [0.25, 0.3) is 0 Å². The summed E-state index contributed by atoms with van der Waals surface area (Å²) in [5.41, 5.74) is 1.20. The molecule has 3 rings (SSSR count). The normalized spacial score (nSPS) is 18.0. The maximum Gasteiger partial charge on any atom is 0.220 e. The molecule has 0 spiro atoms. The topological polar surface area (TPSA) is 59.6 Å². The number of piperidine rings is 1. The third-order valence-electron chi connectivity index (χ3n) is 4.73. The molecule has 0 radical (unpaired) electrons. The lowest BCUT2D eigenvalue weighted by atomic mass is 9.98. The summed E-state index contributed by atoms with van der Waals surface area (Å²) in [4.78, 5) is 12.0. The Bertz CT molecular complexity index is 541. The molecule has 2 heterocycles. The van der Waals surface area contributed by atoms with E-state index in [2.05, 4.69) is 16.7 Å². The Kier molecular flexibility index (Phi) is 6.35. The van der Waals surface area contributed by atoms with Gasteiger partial charge in [0.1, 0.15) is 0 Å². The predicted octanol–water partition coefficient (Wildman–Crippen LogP) is 2.29. The molecule has 2 aliphatic heterocycles. The molecular formula is C19H28N2O3. The molecule has 24 heavy (non-hydrogen) atoms. The molecule has 5 nitrogen and oxygen atoms in total. The zero-order valence-electron chi connectivity index (χ0n) is 14.3. The first kappa shape index (κ1) is 17.1. The number of aryl methyl sites for hydroxylation is 1. The van der Waals surface area contributed by atoms with E-state index in [0.29, 0.717) is 25.6 Å². The van der Waals surface area contributed by atoms with Gasteiger partial charge in [-0.3, -0.25) is 4.79 Å². The fraction of sp³-hybridized carbons (Fsp3) is 0.632. The summed E-state index contributed by atoms with van der Waals surface area (Å²) in [5.74, 6) is 2.47. The van der Waals surface area contributed by atoms with Gasteiger partial charge in [0.25, 0.3) is 0 Å². The van der Waals surface area contributed by atoms with Gasteiger partial charge in [0.05, 0.1) is 13.2 Å². The lowest BCUT2D eigenvalue weighted by Gasteiger charge is -2.22. The highest BCUT2D eigenvalue weighted by Gasteiger charge is 2.14. The minimum Gasteiger partial charge on any atom is -0.490 e. The summed E-state index contributed by atoms with van der Waals surface area (Å²) in [6.07, 6.45) is 5.57. The van der Waals surface area contributed by atoms with Crippen molar-refractivity contribution >= 4 is 5.91 Å². The lowest BCUT2D eigenvalue weighted by Crippen LogP contribution is -2.35. The van der Waals surface area contributed by atoms with Crippen molar-refractivity contribution in [3.63, 3.8) is 0 Å². The van der Waals surface area contributed by atoms with Crippen LogP contribution in [0.15, 0.2) is 18.2 Å². The summed E-state index contributed by atoms with van der Waals surface area (Å²) >= 11 is 0. The molecule has 5 heteroatoms. The van der Waals surface area contributed by atoms with Crippen molar-refractivity contribution < 1.29 is 14.3 Å². The fourth-order valence-corrected chi connectivity index (χ4v) is 3.25. The number of amides is 1. The molecular weight excluding hydrogens is 304 g/mol. The molecule has 2 aliphatic rings. The minimum atomic E-state index is 0.169. The highest BCUT2D eigenvalue weighted by molar-refractivity contribution is 5.75. The average molecular weight is 332 g/mol. The molecule has 0 bridgehead atoms. The first-order valence-corrected chi connectivity index (χ1v) is 9.17. The van der Waals surface area contributed by atoms with Gasteiger partial charge in [-0.25, -0.2) is 0 Å². The number of rotatable bonds is 6. The summed E-state index contributed by atoms with van der Waals surface area (Å²) in [6, 6.07) is 6.10. The van der Waals surface area contributed by atoms with Crippen molar-refractivity contribution in [1.82, 2.24) is 10.6 Å². The third kappa shape index (κ3) is 5.13. The number of fused-ring (bicyclic) bond motifs is 1. The van der Waals surface area contributed by atoms with Gasteiger partial charge in [-0.2, -0.15) is 0 Å². The summed E-state index contributed by atoms with van der Waals surface area (Å²) in [6.45, 7) is 4.39. The second-order valence-corrected chi connectivity index (χ2v) is 6.68. The second-order valence-electron chi connectivity index (χ2n) is 6.68. The Labute approximate surface area is 144 Å². The Morgan fingerprint density at radius 2 is 1.96 bits per heavy atom. The van der Waals surface area contributed by atoms with Gasteiger partial charge in [0.2, 0.25) is 5.91 Å².